The van der Waals surface area contributed by atoms with Gasteiger partial charge in [0.1, 0.15) is 5.78 Å². The smallest absolute Gasteiger partial charge is 0.171 e. The van der Waals surface area contributed by atoms with Crippen LogP contribution < -0.4 is 0 Å². The molecule has 1 heterocycles. The molecule has 90 valence electrons. The van der Waals surface area contributed by atoms with Crippen LogP contribution >= 0.6 is 0 Å². The predicted molar refractivity (Wildman–Crippen MR) is 58.9 cm³/mol. The third kappa shape index (κ3) is 1.13. The molecule has 1 aliphatic heterocycles. The van der Waals surface area contributed by atoms with Crippen LogP contribution in [0.15, 0.2) is 0 Å². The highest BCUT2D eigenvalue weighted by Crippen LogP contribution is 2.59. The summed E-state index contributed by atoms with van der Waals surface area (Å²) >= 11 is 0. The molecule has 3 fully saturated rings. The number of Topliss-reactive ketones (excluding diaryl/α,β-unsaturated/α-hetero) is 1. The van der Waals surface area contributed by atoms with Gasteiger partial charge in [0.15, 0.2) is 5.79 Å². The van der Waals surface area contributed by atoms with Gasteiger partial charge in [-0.05, 0) is 25.2 Å². The minimum Gasteiger partial charge on any atom is -0.353 e. The average molecular weight is 224 g/mol. The highest BCUT2D eigenvalue weighted by molar-refractivity contribution is 5.87. The minimum atomic E-state index is -0.366. The van der Waals surface area contributed by atoms with E-state index in [4.69, 9.17) is 9.47 Å². The van der Waals surface area contributed by atoms with Crippen LogP contribution in [0.4, 0.5) is 0 Å². The van der Waals surface area contributed by atoms with Gasteiger partial charge < -0.3 is 9.47 Å². The number of ether oxygens (including phenoxy) is 2. The number of fused-ring (bicyclic) bond motifs is 3. The number of ketones is 1. The van der Waals surface area contributed by atoms with Crippen molar-refractivity contribution in [1.29, 1.82) is 0 Å². The van der Waals surface area contributed by atoms with Crippen molar-refractivity contribution in [1.82, 2.24) is 0 Å². The topological polar surface area (TPSA) is 35.5 Å². The predicted octanol–water partition coefficient (Wildman–Crippen LogP) is 2.14. The van der Waals surface area contributed by atoms with Gasteiger partial charge in [0.2, 0.25) is 0 Å². The molecule has 0 N–H and O–H groups in total. The van der Waals surface area contributed by atoms with Crippen molar-refractivity contribution in [3.63, 3.8) is 0 Å². The number of hydrogen-bond donors (Lipinski definition) is 0. The van der Waals surface area contributed by atoms with E-state index in [1.54, 1.807) is 7.11 Å². The van der Waals surface area contributed by atoms with Crippen LogP contribution in [-0.2, 0) is 14.3 Å². The van der Waals surface area contributed by atoms with Crippen LogP contribution in [0, 0.1) is 17.3 Å². The zero-order valence-corrected chi connectivity index (χ0v) is 10.1. The molecule has 0 bridgehead atoms. The van der Waals surface area contributed by atoms with E-state index in [-0.39, 0.29) is 11.2 Å². The lowest BCUT2D eigenvalue weighted by Crippen LogP contribution is -2.51. The van der Waals surface area contributed by atoms with Crippen molar-refractivity contribution < 1.29 is 14.3 Å². The number of carbonyl (C=O) groups excluding carboxylic acids is 1. The molecule has 3 heteroatoms. The number of hydrogen-bond acceptors (Lipinski definition) is 3. The van der Waals surface area contributed by atoms with Crippen molar-refractivity contribution in [2.24, 2.45) is 17.3 Å². The number of rotatable bonds is 1. The Morgan fingerprint density at radius 2 is 2.12 bits per heavy atom. The molecule has 0 spiro atoms. The summed E-state index contributed by atoms with van der Waals surface area (Å²) in [6.45, 7) is 2.95. The molecule has 0 unspecified atom stereocenters. The normalized spacial score (nSPS) is 51.5. The zero-order valence-electron chi connectivity index (χ0n) is 10.1. The molecule has 3 rings (SSSR count). The molecule has 4 atom stereocenters. The third-order valence-electron chi connectivity index (χ3n) is 5.30. The van der Waals surface area contributed by atoms with E-state index in [1.807, 2.05) is 0 Å². The molecule has 3 aliphatic rings. The van der Waals surface area contributed by atoms with Gasteiger partial charge in [-0.1, -0.05) is 6.92 Å². The maximum atomic E-state index is 12.0. The van der Waals surface area contributed by atoms with Gasteiger partial charge in [0.25, 0.3) is 0 Å². The molecule has 3 nitrogen and oxygen atoms in total. The first-order valence-electron chi connectivity index (χ1n) is 6.35. The second-order valence-corrected chi connectivity index (χ2v) is 5.75. The van der Waals surface area contributed by atoms with Crippen molar-refractivity contribution in [3.8, 4) is 0 Å². The van der Waals surface area contributed by atoms with E-state index in [0.717, 1.165) is 38.7 Å². The van der Waals surface area contributed by atoms with Crippen LogP contribution in [0.3, 0.4) is 0 Å². The first-order valence-corrected chi connectivity index (χ1v) is 6.35. The van der Waals surface area contributed by atoms with E-state index < -0.39 is 0 Å². The molecule has 0 aromatic heterocycles. The van der Waals surface area contributed by atoms with E-state index in [1.165, 1.54) is 0 Å². The van der Waals surface area contributed by atoms with Crippen molar-refractivity contribution in [3.05, 3.63) is 0 Å². The lowest BCUT2D eigenvalue weighted by Gasteiger charge is -2.47. The van der Waals surface area contributed by atoms with Crippen LogP contribution in [0.5, 0.6) is 0 Å². The maximum Gasteiger partial charge on any atom is 0.171 e. The number of methoxy groups -OCH3 is 1. The average Bonchev–Trinajstić information content (AvgIpc) is 2.82. The molecule has 0 aromatic rings. The summed E-state index contributed by atoms with van der Waals surface area (Å²) < 4.78 is 11.5. The van der Waals surface area contributed by atoms with Gasteiger partial charge in [-0.25, -0.2) is 0 Å². The molecule has 0 aromatic carbocycles. The monoisotopic (exact) mass is 224 g/mol. The minimum absolute atomic E-state index is 0.0829. The van der Waals surface area contributed by atoms with Crippen molar-refractivity contribution in [2.75, 3.05) is 13.7 Å². The third-order valence-corrected chi connectivity index (χ3v) is 5.30. The summed E-state index contributed by atoms with van der Waals surface area (Å²) in [7, 11) is 1.75. The highest BCUT2D eigenvalue weighted by Gasteiger charge is 2.61. The van der Waals surface area contributed by atoms with E-state index >= 15 is 0 Å². The fraction of sp³-hybridized carbons (Fsp3) is 0.923. The Bertz CT molecular complexity index is 327. The van der Waals surface area contributed by atoms with Gasteiger partial charge in [-0.3, -0.25) is 4.79 Å². The number of carbonyl (C=O) groups is 1. The molecular weight excluding hydrogens is 204 g/mol. The van der Waals surface area contributed by atoms with Gasteiger partial charge in [-0.15, -0.1) is 0 Å². The Kier molecular flexibility index (Phi) is 2.21. The summed E-state index contributed by atoms with van der Waals surface area (Å²) in [4.78, 5) is 12.0. The quantitative estimate of drug-likeness (QED) is 0.684. The summed E-state index contributed by atoms with van der Waals surface area (Å²) in [5.41, 5.74) is -0.0829. The van der Waals surface area contributed by atoms with E-state index in [0.29, 0.717) is 17.6 Å². The molecule has 1 saturated heterocycles. The van der Waals surface area contributed by atoms with E-state index in [2.05, 4.69) is 6.92 Å². The van der Waals surface area contributed by atoms with Gasteiger partial charge in [-0.2, -0.15) is 0 Å². The Hall–Kier alpha value is -0.410. The summed E-state index contributed by atoms with van der Waals surface area (Å²) in [6.07, 6.45) is 4.67. The Morgan fingerprint density at radius 1 is 1.31 bits per heavy atom. The standard InChI is InChI=1S/C13H20O3/c1-12-6-7-13(15-2)10(5-8-16-13)9(12)3-4-11(12)14/h9-10H,3-8H2,1-2H3/t9-,10-,12-,13+/m1/s1. The molecule has 16 heavy (non-hydrogen) atoms. The maximum absolute atomic E-state index is 12.0. The van der Waals surface area contributed by atoms with Crippen LogP contribution in [0.2, 0.25) is 0 Å². The molecule has 0 amide bonds. The molecule has 2 aliphatic carbocycles. The van der Waals surface area contributed by atoms with Crippen molar-refractivity contribution in [2.45, 2.75) is 44.8 Å². The molecular formula is C13H20O3. The first-order chi connectivity index (χ1) is 7.62. The lowest BCUT2D eigenvalue weighted by atomic mass is 9.61. The summed E-state index contributed by atoms with van der Waals surface area (Å²) in [5.74, 6) is 1.02. The zero-order chi connectivity index (χ0) is 11.4. The van der Waals surface area contributed by atoms with E-state index in [9.17, 15) is 4.79 Å². The summed E-state index contributed by atoms with van der Waals surface area (Å²) in [6, 6.07) is 0. The Balaban J connectivity index is 1.96. The van der Waals surface area contributed by atoms with Gasteiger partial charge in [0, 0.05) is 31.3 Å². The first kappa shape index (κ1) is 10.7. The lowest BCUT2D eigenvalue weighted by molar-refractivity contribution is -0.249. The van der Waals surface area contributed by atoms with Gasteiger partial charge >= 0.3 is 0 Å². The molecule has 0 radical (unpaired) electrons. The Labute approximate surface area is 96.5 Å². The fourth-order valence-corrected chi connectivity index (χ4v) is 4.26. The van der Waals surface area contributed by atoms with Crippen molar-refractivity contribution >= 4 is 5.78 Å². The highest BCUT2D eigenvalue weighted by atomic mass is 16.7. The summed E-state index contributed by atoms with van der Waals surface area (Å²) in [5, 5.41) is 0. The van der Waals surface area contributed by atoms with Crippen LogP contribution in [-0.4, -0.2) is 25.3 Å². The fourth-order valence-electron chi connectivity index (χ4n) is 4.26. The SMILES string of the molecule is CO[C@]12CC[C@@]3(C)C(=O)CC[C@@H]3[C@H]1CCO2. The Morgan fingerprint density at radius 3 is 2.88 bits per heavy atom. The largest absolute Gasteiger partial charge is 0.353 e. The van der Waals surface area contributed by atoms with Crippen LogP contribution in [0.25, 0.3) is 0 Å². The molecule has 2 saturated carbocycles. The van der Waals surface area contributed by atoms with Crippen LogP contribution in [0.1, 0.15) is 39.0 Å². The second-order valence-electron chi connectivity index (χ2n) is 5.75. The van der Waals surface area contributed by atoms with Gasteiger partial charge in [0.05, 0.1) is 6.61 Å². The second kappa shape index (κ2) is 3.30.